The van der Waals surface area contributed by atoms with Crippen molar-refractivity contribution in [3.8, 4) is 0 Å². The molecule has 2 heterocycles. The number of rotatable bonds is 2. The number of hydrogen-bond acceptors (Lipinski definition) is 4. The Morgan fingerprint density at radius 1 is 1.38 bits per heavy atom. The summed E-state index contributed by atoms with van der Waals surface area (Å²) in [5.74, 6) is -0.343. The summed E-state index contributed by atoms with van der Waals surface area (Å²) in [6.07, 6.45) is 4.41. The van der Waals surface area contributed by atoms with Crippen LogP contribution in [0.5, 0.6) is 0 Å². The van der Waals surface area contributed by atoms with E-state index in [2.05, 4.69) is 15.4 Å². The van der Waals surface area contributed by atoms with Gasteiger partial charge in [-0.1, -0.05) is 0 Å². The molecule has 6 nitrogen and oxygen atoms in total. The van der Waals surface area contributed by atoms with Crippen LogP contribution in [0.4, 0.5) is 0 Å². The van der Waals surface area contributed by atoms with E-state index < -0.39 is 0 Å². The van der Waals surface area contributed by atoms with E-state index in [1.54, 1.807) is 6.20 Å². The minimum atomic E-state index is -0.252. The predicted octanol–water partition coefficient (Wildman–Crippen LogP) is 0.291. The van der Waals surface area contributed by atoms with Crippen LogP contribution in [0.2, 0.25) is 0 Å². The first-order chi connectivity index (χ1) is 7.63. The molecule has 2 rings (SSSR count). The molecule has 1 amide bonds. The van der Waals surface area contributed by atoms with Gasteiger partial charge in [-0.15, -0.1) is 0 Å². The lowest BCUT2D eigenvalue weighted by Gasteiger charge is -1.98. The minimum Gasteiger partial charge on any atom is -0.355 e. The van der Waals surface area contributed by atoms with E-state index in [1.807, 2.05) is 0 Å². The van der Waals surface area contributed by atoms with Crippen molar-refractivity contribution in [3.63, 3.8) is 0 Å². The Bertz CT molecular complexity index is 573. The third kappa shape index (κ3) is 1.54. The SMILES string of the molecule is CNC(=O)c1cnn2cc(C(C)=O)cnc12. The molecule has 0 fully saturated rings. The maximum atomic E-state index is 11.4. The fourth-order valence-electron chi connectivity index (χ4n) is 1.35. The average molecular weight is 218 g/mol. The lowest BCUT2D eigenvalue weighted by molar-refractivity contribution is 0.0963. The van der Waals surface area contributed by atoms with Gasteiger partial charge in [0, 0.05) is 19.4 Å². The standard InChI is InChI=1S/C10H10N4O2/c1-6(15)7-3-12-9-8(10(16)11-2)4-13-14(9)5-7/h3-5H,1-2H3,(H,11,16). The van der Waals surface area contributed by atoms with Gasteiger partial charge in [0.25, 0.3) is 5.91 Å². The van der Waals surface area contributed by atoms with Gasteiger partial charge in [-0.2, -0.15) is 5.10 Å². The Morgan fingerprint density at radius 3 is 2.75 bits per heavy atom. The molecular weight excluding hydrogens is 208 g/mol. The lowest BCUT2D eigenvalue weighted by atomic mass is 10.2. The topological polar surface area (TPSA) is 76.4 Å². The Morgan fingerprint density at radius 2 is 2.12 bits per heavy atom. The summed E-state index contributed by atoms with van der Waals surface area (Å²) in [7, 11) is 1.54. The molecule has 0 aliphatic rings. The summed E-state index contributed by atoms with van der Waals surface area (Å²) in [6.45, 7) is 1.45. The maximum Gasteiger partial charge on any atom is 0.256 e. The molecule has 0 unspecified atom stereocenters. The number of carbonyl (C=O) groups excluding carboxylic acids is 2. The number of ketones is 1. The van der Waals surface area contributed by atoms with Gasteiger partial charge in [-0.25, -0.2) is 9.50 Å². The second-order valence-electron chi connectivity index (χ2n) is 3.30. The Labute approximate surface area is 91.3 Å². The molecule has 2 aromatic rings. The monoisotopic (exact) mass is 218 g/mol. The highest BCUT2D eigenvalue weighted by Crippen LogP contribution is 2.08. The number of carbonyl (C=O) groups is 2. The van der Waals surface area contributed by atoms with Gasteiger partial charge in [0.05, 0.1) is 11.8 Å². The lowest BCUT2D eigenvalue weighted by Crippen LogP contribution is -2.17. The van der Waals surface area contributed by atoms with Crippen molar-refractivity contribution in [2.75, 3.05) is 7.05 Å². The van der Waals surface area contributed by atoms with Crippen molar-refractivity contribution in [2.24, 2.45) is 0 Å². The quantitative estimate of drug-likeness (QED) is 0.735. The molecule has 2 aromatic heterocycles. The highest BCUT2D eigenvalue weighted by Gasteiger charge is 2.13. The van der Waals surface area contributed by atoms with E-state index in [4.69, 9.17) is 0 Å². The fourth-order valence-corrected chi connectivity index (χ4v) is 1.35. The van der Waals surface area contributed by atoms with Crippen LogP contribution in [-0.2, 0) is 0 Å². The summed E-state index contributed by atoms with van der Waals surface area (Å²) in [6, 6.07) is 0. The average Bonchev–Trinajstić information content (AvgIpc) is 2.70. The van der Waals surface area contributed by atoms with E-state index in [-0.39, 0.29) is 11.7 Å². The number of amides is 1. The second kappa shape index (κ2) is 3.73. The first kappa shape index (κ1) is 10.3. The molecule has 0 atom stereocenters. The maximum absolute atomic E-state index is 11.4. The van der Waals surface area contributed by atoms with Crippen molar-refractivity contribution in [1.29, 1.82) is 0 Å². The molecule has 0 saturated heterocycles. The molecule has 16 heavy (non-hydrogen) atoms. The van der Waals surface area contributed by atoms with Crippen LogP contribution < -0.4 is 5.32 Å². The number of fused-ring (bicyclic) bond motifs is 1. The molecule has 82 valence electrons. The Balaban J connectivity index is 2.59. The van der Waals surface area contributed by atoms with Gasteiger partial charge < -0.3 is 5.32 Å². The largest absolute Gasteiger partial charge is 0.355 e. The van der Waals surface area contributed by atoms with Crippen LogP contribution >= 0.6 is 0 Å². The summed E-state index contributed by atoms with van der Waals surface area (Å²) in [4.78, 5) is 26.6. The number of nitrogens with one attached hydrogen (secondary N) is 1. The van der Waals surface area contributed by atoms with Crippen LogP contribution in [0.15, 0.2) is 18.6 Å². The molecule has 1 N–H and O–H groups in total. The molecule has 0 bridgehead atoms. The van der Waals surface area contributed by atoms with Gasteiger partial charge in [0.2, 0.25) is 0 Å². The number of hydrogen-bond donors (Lipinski definition) is 1. The van der Waals surface area contributed by atoms with E-state index >= 15 is 0 Å². The van der Waals surface area contributed by atoms with Crippen LogP contribution in [0.1, 0.15) is 27.6 Å². The van der Waals surface area contributed by atoms with Crippen LogP contribution in [0, 0.1) is 0 Å². The molecule has 0 aliphatic heterocycles. The van der Waals surface area contributed by atoms with E-state index in [0.29, 0.717) is 16.8 Å². The van der Waals surface area contributed by atoms with Gasteiger partial charge in [0.1, 0.15) is 5.56 Å². The van der Waals surface area contributed by atoms with Crippen molar-refractivity contribution in [1.82, 2.24) is 19.9 Å². The minimum absolute atomic E-state index is 0.0913. The first-order valence-electron chi connectivity index (χ1n) is 4.70. The molecule has 0 saturated carbocycles. The zero-order valence-electron chi connectivity index (χ0n) is 8.89. The van der Waals surface area contributed by atoms with Gasteiger partial charge in [0.15, 0.2) is 11.4 Å². The summed E-state index contributed by atoms with van der Waals surface area (Å²) < 4.78 is 1.42. The zero-order valence-corrected chi connectivity index (χ0v) is 8.89. The summed E-state index contributed by atoms with van der Waals surface area (Å²) in [5.41, 5.74) is 1.28. The summed E-state index contributed by atoms with van der Waals surface area (Å²) in [5, 5.41) is 6.47. The number of nitrogens with zero attached hydrogens (tertiary/aromatic N) is 3. The highest BCUT2D eigenvalue weighted by atomic mass is 16.1. The van der Waals surface area contributed by atoms with Crippen LogP contribution in [0.3, 0.4) is 0 Å². The van der Waals surface area contributed by atoms with E-state index in [1.165, 1.54) is 30.9 Å². The summed E-state index contributed by atoms with van der Waals surface area (Å²) >= 11 is 0. The normalized spacial score (nSPS) is 10.4. The third-order valence-corrected chi connectivity index (χ3v) is 2.23. The van der Waals surface area contributed by atoms with Crippen molar-refractivity contribution >= 4 is 17.3 Å². The molecule has 6 heteroatoms. The molecular formula is C10H10N4O2. The highest BCUT2D eigenvalue weighted by molar-refractivity contribution is 6.00. The van der Waals surface area contributed by atoms with Gasteiger partial charge >= 0.3 is 0 Å². The molecule has 0 spiro atoms. The zero-order chi connectivity index (χ0) is 11.7. The third-order valence-electron chi connectivity index (χ3n) is 2.23. The molecule has 0 aromatic carbocycles. The Kier molecular flexibility index (Phi) is 2.40. The van der Waals surface area contributed by atoms with E-state index in [0.717, 1.165) is 0 Å². The fraction of sp³-hybridized carbons (Fsp3) is 0.200. The smallest absolute Gasteiger partial charge is 0.256 e. The van der Waals surface area contributed by atoms with Gasteiger partial charge in [-0.05, 0) is 6.92 Å². The second-order valence-corrected chi connectivity index (χ2v) is 3.30. The van der Waals surface area contributed by atoms with E-state index in [9.17, 15) is 9.59 Å². The number of Topliss-reactive ketones (excluding diaryl/α,β-unsaturated/α-hetero) is 1. The predicted molar refractivity (Wildman–Crippen MR) is 56.4 cm³/mol. The molecule has 0 radical (unpaired) electrons. The van der Waals surface area contributed by atoms with Crippen molar-refractivity contribution in [2.45, 2.75) is 6.92 Å². The van der Waals surface area contributed by atoms with Crippen LogP contribution in [0.25, 0.3) is 5.65 Å². The Hall–Kier alpha value is -2.24. The van der Waals surface area contributed by atoms with Crippen molar-refractivity contribution in [3.05, 3.63) is 29.7 Å². The van der Waals surface area contributed by atoms with Crippen LogP contribution in [-0.4, -0.2) is 33.3 Å². The van der Waals surface area contributed by atoms with Gasteiger partial charge in [-0.3, -0.25) is 9.59 Å². The van der Waals surface area contributed by atoms with Crippen molar-refractivity contribution < 1.29 is 9.59 Å². The first-order valence-corrected chi connectivity index (χ1v) is 4.70. The number of aromatic nitrogens is 3. The molecule has 0 aliphatic carbocycles.